The van der Waals surface area contributed by atoms with Gasteiger partial charge in [-0.1, -0.05) is 12.2 Å². The van der Waals surface area contributed by atoms with Gasteiger partial charge >= 0.3 is 6.18 Å². The lowest BCUT2D eigenvalue weighted by molar-refractivity contribution is -0.202. The van der Waals surface area contributed by atoms with Crippen LogP contribution in [0.15, 0.2) is 24.0 Å². The largest absolute Gasteiger partial charge is 0.501 e. The molecule has 0 aromatic heterocycles. The molecule has 84 valence electrons. The Balaban J connectivity index is 2.25. The minimum atomic E-state index is -4.11. The molecule has 2 aliphatic rings. The van der Waals surface area contributed by atoms with Crippen molar-refractivity contribution in [2.75, 3.05) is 7.11 Å². The molecule has 1 saturated carbocycles. The predicted octanol–water partition coefficient (Wildman–Crippen LogP) is 3.44. The summed E-state index contributed by atoms with van der Waals surface area (Å²) in [5.41, 5.74) is -1.51. The van der Waals surface area contributed by atoms with Gasteiger partial charge in [0.1, 0.15) is 0 Å². The summed E-state index contributed by atoms with van der Waals surface area (Å²) in [5.74, 6) is -0.0557. The number of halogens is 3. The quantitative estimate of drug-likeness (QED) is 0.689. The zero-order chi connectivity index (χ0) is 11.1. The van der Waals surface area contributed by atoms with E-state index in [-0.39, 0.29) is 12.8 Å². The Morgan fingerprint density at radius 3 is 2.53 bits per heavy atom. The summed E-state index contributed by atoms with van der Waals surface area (Å²) in [6.07, 6.45) is 1.95. The van der Waals surface area contributed by atoms with Crippen molar-refractivity contribution in [2.24, 2.45) is 11.3 Å². The fourth-order valence-electron chi connectivity index (χ4n) is 2.28. The summed E-state index contributed by atoms with van der Waals surface area (Å²) in [6.45, 7) is 0. The van der Waals surface area contributed by atoms with Crippen LogP contribution in [0, 0.1) is 11.3 Å². The van der Waals surface area contributed by atoms with Crippen LogP contribution >= 0.6 is 0 Å². The van der Waals surface area contributed by atoms with Gasteiger partial charge in [0.15, 0.2) is 0 Å². The van der Waals surface area contributed by atoms with Crippen LogP contribution < -0.4 is 0 Å². The Morgan fingerprint density at radius 2 is 2.07 bits per heavy atom. The van der Waals surface area contributed by atoms with E-state index >= 15 is 0 Å². The standard InChI is InChI=1S/C11H13F3O/c1-15-9-5-3-2-4-8(9)10(6-7-10)11(12,13)14/h2-3,5,8H,4,6-7H2,1H3. The molecule has 0 aliphatic heterocycles. The number of alkyl halides is 3. The Labute approximate surface area is 86.6 Å². The molecule has 0 radical (unpaired) electrons. The van der Waals surface area contributed by atoms with E-state index in [1.807, 2.05) is 0 Å². The van der Waals surface area contributed by atoms with Crippen LogP contribution in [-0.2, 0) is 4.74 Å². The van der Waals surface area contributed by atoms with Crippen LogP contribution in [0.1, 0.15) is 19.3 Å². The van der Waals surface area contributed by atoms with Gasteiger partial charge in [0.05, 0.1) is 18.3 Å². The van der Waals surface area contributed by atoms with E-state index in [1.165, 1.54) is 7.11 Å². The minimum absolute atomic E-state index is 0.232. The maximum absolute atomic E-state index is 12.9. The molecule has 1 atom stereocenters. The van der Waals surface area contributed by atoms with Gasteiger partial charge in [-0.3, -0.25) is 0 Å². The lowest BCUT2D eigenvalue weighted by atomic mass is 9.82. The average Bonchev–Trinajstić information content (AvgIpc) is 2.97. The Kier molecular flexibility index (Phi) is 2.32. The number of rotatable bonds is 2. The number of allylic oxidation sites excluding steroid dienone is 4. The summed E-state index contributed by atoms with van der Waals surface area (Å²) >= 11 is 0. The zero-order valence-corrected chi connectivity index (χ0v) is 8.47. The second kappa shape index (κ2) is 3.29. The first-order chi connectivity index (χ1) is 7.01. The van der Waals surface area contributed by atoms with Crippen molar-refractivity contribution in [3.05, 3.63) is 24.0 Å². The van der Waals surface area contributed by atoms with Crippen LogP contribution in [0.25, 0.3) is 0 Å². The van der Waals surface area contributed by atoms with Crippen LogP contribution in [0.5, 0.6) is 0 Å². The van der Waals surface area contributed by atoms with Gasteiger partial charge < -0.3 is 4.74 Å². The molecule has 0 amide bonds. The molecule has 0 saturated heterocycles. The molecular formula is C11H13F3O. The fourth-order valence-corrected chi connectivity index (χ4v) is 2.28. The lowest BCUT2D eigenvalue weighted by Gasteiger charge is -2.30. The third-order valence-corrected chi connectivity index (χ3v) is 3.37. The molecule has 0 N–H and O–H groups in total. The molecule has 1 nitrogen and oxygen atoms in total. The first-order valence-corrected chi connectivity index (χ1v) is 4.99. The lowest BCUT2D eigenvalue weighted by Crippen LogP contribution is -2.34. The van der Waals surface area contributed by atoms with Crippen molar-refractivity contribution in [3.8, 4) is 0 Å². The molecule has 0 bridgehead atoms. The third-order valence-electron chi connectivity index (χ3n) is 3.37. The van der Waals surface area contributed by atoms with Crippen LogP contribution in [-0.4, -0.2) is 13.3 Å². The van der Waals surface area contributed by atoms with Gasteiger partial charge in [-0.15, -0.1) is 0 Å². The summed E-state index contributed by atoms with van der Waals surface area (Å²) in [7, 11) is 1.43. The molecular weight excluding hydrogens is 205 g/mol. The van der Waals surface area contributed by atoms with Crippen LogP contribution in [0.2, 0.25) is 0 Å². The van der Waals surface area contributed by atoms with E-state index < -0.39 is 17.5 Å². The Bertz CT molecular complexity index is 310. The van der Waals surface area contributed by atoms with E-state index in [0.29, 0.717) is 12.2 Å². The highest BCUT2D eigenvalue weighted by atomic mass is 19.4. The monoisotopic (exact) mass is 218 g/mol. The molecule has 0 heterocycles. The molecule has 0 aromatic rings. The summed E-state index contributed by atoms with van der Waals surface area (Å²) in [6, 6.07) is 0. The second-order valence-corrected chi connectivity index (χ2v) is 4.14. The van der Waals surface area contributed by atoms with Crippen molar-refractivity contribution in [2.45, 2.75) is 25.4 Å². The fraction of sp³-hybridized carbons (Fsp3) is 0.636. The zero-order valence-electron chi connectivity index (χ0n) is 8.47. The Hall–Kier alpha value is -0.930. The van der Waals surface area contributed by atoms with Gasteiger partial charge in [0, 0.05) is 5.92 Å². The van der Waals surface area contributed by atoms with Gasteiger partial charge in [-0.05, 0) is 25.3 Å². The smallest absolute Gasteiger partial charge is 0.395 e. The second-order valence-electron chi connectivity index (χ2n) is 4.14. The van der Waals surface area contributed by atoms with Gasteiger partial charge in [-0.2, -0.15) is 13.2 Å². The number of hydrogen-bond donors (Lipinski definition) is 0. The molecule has 1 unspecified atom stereocenters. The predicted molar refractivity (Wildman–Crippen MR) is 50.1 cm³/mol. The molecule has 2 aliphatic carbocycles. The van der Waals surface area contributed by atoms with Crippen molar-refractivity contribution >= 4 is 0 Å². The van der Waals surface area contributed by atoms with Crippen LogP contribution in [0.3, 0.4) is 0 Å². The topological polar surface area (TPSA) is 9.23 Å². The van der Waals surface area contributed by atoms with E-state index in [4.69, 9.17) is 4.74 Å². The third kappa shape index (κ3) is 1.56. The summed E-state index contributed by atoms with van der Waals surface area (Å²) < 4.78 is 43.7. The van der Waals surface area contributed by atoms with Gasteiger partial charge in [0.25, 0.3) is 0 Å². The minimum Gasteiger partial charge on any atom is -0.501 e. The van der Waals surface area contributed by atoms with Crippen molar-refractivity contribution in [3.63, 3.8) is 0 Å². The van der Waals surface area contributed by atoms with Crippen molar-refractivity contribution < 1.29 is 17.9 Å². The molecule has 15 heavy (non-hydrogen) atoms. The van der Waals surface area contributed by atoms with Gasteiger partial charge in [-0.25, -0.2) is 0 Å². The SMILES string of the molecule is COC1=CC=CCC1C1(C(F)(F)F)CC1. The maximum atomic E-state index is 12.9. The van der Waals surface area contributed by atoms with Gasteiger partial charge in [0.2, 0.25) is 0 Å². The van der Waals surface area contributed by atoms with Crippen molar-refractivity contribution in [1.82, 2.24) is 0 Å². The highest BCUT2D eigenvalue weighted by Crippen LogP contribution is 2.65. The number of ether oxygens (including phenoxy) is 1. The first kappa shape index (κ1) is 10.6. The normalized spacial score (nSPS) is 28.5. The summed E-state index contributed by atoms with van der Waals surface area (Å²) in [5, 5.41) is 0. The number of hydrogen-bond acceptors (Lipinski definition) is 1. The van der Waals surface area contributed by atoms with E-state index in [0.717, 1.165) is 0 Å². The van der Waals surface area contributed by atoms with Crippen LogP contribution in [0.4, 0.5) is 13.2 Å². The van der Waals surface area contributed by atoms with E-state index in [1.54, 1.807) is 18.2 Å². The average molecular weight is 218 g/mol. The van der Waals surface area contributed by atoms with E-state index in [2.05, 4.69) is 0 Å². The summed E-state index contributed by atoms with van der Waals surface area (Å²) in [4.78, 5) is 0. The Morgan fingerprint density at radius 1 is 1.40 bits per heavy atom. The molecule has 0 spiro atoms. The molecule has 1 fully saturated rings. The maximum Gasteiger partial charge on any atom is 0.395 e. The van der Waals surface area contributed by atoms with Crippen molar-refractivity contribution in [1.29, 1.82) is 0 Å². The highest BCUT2D eigenvalue weighted by Gasteiger charge is 2.67. The molecule has 0 aromatic carbocycles. The highest BCUT2D eigenvalue weighted by molar-refractivity contribution is 5.23. The molecule has 4 heteroatoms. The first-order valence-electron chi connectivity index (χ1n) is 4.99. The molecule has 2 rings (SSSR count). The van der Waals surface area contributed by atoms with E-state index in [9.17, 15) is 13.2 Å². The number of methoxy groups -OCH3 is 1.